The number of hydrogen-bond acceptors (Lipinski definition) is 3. The van der Waals surface area contributed by atoms with Crippen LogP contribution in [0.2, 0.25) is 0 Å². The molecule has 0 amide bonds. The maximum absolute atomic E-state index is 12.0. The van der Waals surface area contributed by atoms with Crippen LogP contribution < -0.4 is 10.5 Å². The van der Waals surface area contributed by atoms with E-state index in [1.807, 2.05) is 0 Å². The molecule has 1 aliphatic carbocycles. The molecule has 1 fully saturated rings. The van der Waals surface area contributed by atoms with Gasteiger partial charge in [-0.2, -0.15) is 8.78 Å². The lowest BCUT2D eigenvalue weighted by Crippen LogP contribution is -2.51. The van der Waals surface area contributed by atoms with Crippen LogP contribution in [0.1, 0.15) is 18.4 Å². The predicted molar refractivity (Wildman–Crippen MR) is 54.2 cm³/mol. The third kappa shape index (κ3) is 2.15. The number of aliphatic hydroxyl groups is 1. The molecule has 3 N–H and O–H groups in total. The number of nitrogens with two attached hydrogens (primary N) is 1. The molecule has 5 heteroatoms. The number of benzene rings is 1. The first-order chi connectivity index (χ1) is 7.49. The van der Waals surface area contributed by atoms with Crippen molar-refractivity contribution in [3.8, 4) is 5.75 Å². The Hall–Kier alpha value is -1.20. The summed E-state index contributed by atoms with van der Waals surface area (Å²) in [5.41, 5.74) is 6.12. The molecular formula is C11H13F2NO2. The van der Waals surface area contributed by atoms with Crippen molar-refractivity contribution in [2.45, 2.75) is 31.1 Å². The van der Waals surface area contributed by atoms with Crippen molar-refractivity contribution in [3.63, 3.8) is 0 Å². The number of aliphatic hydroxyl groups excluding tert-OH is 1. The van der Waals surface area contributed by atoms with E-state index in [4.69, 9.17) is 5.73 Å². The third-order valence-electron chi connectivity index (χ3n) is 2.83. The van der Waals surface area contributed by atoms with Gasteiger partial charge in [-0.15, -0.1) is 0 Å². The predicted octanol–water partition coefficient (Wildman–Crippen LogP) is 1.60. The van der Waals surface area contributed by atoms with Gasteiger partial charge in [0.15, 0.2) is 0 Å². The van der Waals surface area contributed by atoms with Crippen LogP contribution >= 0.6 is 0 Å². The van der Waals surface area contributed by atoms with E-state index in [2.05, 4.69) is 4.74 Å². The van der Waals surface area contributed by atoms with Crippen molar-refractivity contribution in [2.24, 2.45) is 5.73 Å². The van der Waals surface area contributed by atoms with Gasteiger partial charge in [-0.25, -0.2) is 0 Å². The fraction of sp³-hybridized carbons (Fsp3) is 0.455. The molecule has 16 heavy (non-hydrogen) atoms. The SMILES string of the molecule is NC1(c2cccc(OC(F)F)c2)CC(O)C1. The van der Waals surface area contributed by atoms with E-state index in [1.54, 1.807) is 12.1 Å². The highest BCUT2D eigenvalue weighted by atomic mass is 19.3. The minimum Gasteiger partial charge on any atom is -0.435 e. The van der Waals surface area contributed by atoms with Crippen molar-refractivity contribution >= 4 is 0 Å². The number of halogens is 2. The topological polar surface area (TPSA) is 55.5 Å². The molecule has 0 aromatic heterocycles. The molecule has 0 atom stereocenters. The van der Waals surface area contributed by atoms with Crippen molar-refractivity contribution in [1.29, 1.82) is 0 Å². The first-order valence-corrected chi connectivity index (χ1v) is 5.02. The van der Waals surface area contributed by atoms with Crippen LogP contribution in [0.3, 0.4) is 0 Å². The molecule has 3 nitrogen and oxygen atoms in total. The maximum atomic E-state index is 12.0. The molecule has 0 bridgehead atoms. The first-order valence-electron chi connectivity index (χ1n) is 5.02. The van der Waals surface area contributed by atoms with Crippen molar-refractivity contribution in [2.75, 3.05) is 0 Å². The van der Waals surface area contributed by atoms with Gasteiger partial charge in [0.05, 0.1) is 6.10 Å². The van der Waals surface area contributed by atoms with Gasteiger partial charge in [-0.05, 0) is 30.5 Å². The van der Waals surface area contributed by atoms with Gasteiger partial charge >= 0.3 is 6.61 Å². The second-order valence-corrected chi connectivity index (χ2v) is 4.12. The van der Waals surface area contributed by atoms with Gasteiger partial charge in [-0.3, -0.25) is 0 Å². The lowest BCUT2D eigenvalue weighted by atomic mass is 9.70. The first kappa shape index (κ1) is 11.3. The summed E-state index contributed by atoms with van der Waals surface area (Å²) >= 11 is 0. The summed E-state index contributed by atoms with van der Waals surface area (Å²) in [6.07, 6.45) is 0.501. The Kier molecular flexibility index (Phi) is 2.82. The highest BCUT2D eigenvalue weighted by Gasteiger charge is 2.41. The third-order valence-corrected chi connectivity index (χ3v) is 2.83. The van der Waals surface area contributed by atoms with E-state index in [0.29, 0.717) is 12.8 Å². The summed E-state index contributed by atoms with van der Waals surface area (Å²) < 4.78 is 28.3. The van der Waals surface area contributed by atoms with Crippen LogP contribution in [0.4, 0.5) is 8.78 Å². The normalized spacial score (nSPS) is 28.9. The van der Waals surface area contributed by atoms with Crippen LogP contribution in [0.5, 0.6) is 5.75 Å². The monoisotopic (exact) mass is 229 g/mol. The minimum atomic E-state index is -2.84. The Morgan fingerprint density at radius 1 is 1.44 bits per heavy atom. The van der Waals surface area contributed by atoms with Gasteiger partial charge in [0, 0.05) is 5.54 Å². The standard InChI is InChI=1S/C11H13F2NO2/c12-10(13)16-9-3-1-2-7(4-9)11(14)5-8(15)6-11/h1-4,8,10,15H,5-6,14H2. The molecule has 1 aliphatic rings. The Labute approximate surface area is 91.8 Å². The lowest BCUT2D eigenvalue weighted by Gasteiger charge is -2.42. The lowest BCUT2D eigenvalue weighted by molar-refractivity contribution is -0.0501. The smallest absolute Gasteiger partial charge is 0.387 e. The Morgan fingerprint density at radius 3 is 2.69 bits per heavy atom. The van der Waals surface area contributed by atoms with Crippen molar-refractivity contribution < 1.29 is 18.6 Å². The molecule has 1 saturated carbocycles. The zero-order valence-electron chi connectivity index (χ0n) is 8.57. The molecule has 1 aromatic rings. The van der Waals surface area contributed by atoms with E-state index in [-0.39, 0.29) is 5.75 Å². The maximum Gasteiger partial charge on any atom is 0.387 e. The molecule has 1 aromatic carbocycles. The van der Waals surface area contributed by atoms with E-state index in [1.165, 1.54) is 12.1 Å². The number of alkyl halides is 2. The highest BCUT2D eigenvalue weighted by molar-refractivity contribution is 5.35. The summed E-state index contributed by atoms with van der Waals surface area (Å²) in [6, 6.07) is 6.32. The minimum absolute atomic E-state index is 0.0960. The molecule has 0 saturated heterocycles. The average molecular weight is 229 g/mol. The van der Waals surface area contributed by atoms with Gasteiger partial charge in [0.1, 0.15) is 5.75 Å². The van der Waals surface area contributed by atoms with Gasteiger partial charge < -0.3 is 15.6 Å². The molecule has 0 radical (unpaired) electrons. The van der Waals surface area contributed by atoms with Crippen LogP contribution in [-0.2, 0) is 5.54 Å². The Balaban J connectivity index is 2.16. The fourth-order valence-corrected chi connectivity index (χ4v) is 2.00. The van der Waals surface area contributed by atoms with E-state index in [9.17, 15) is 13.9 Å². The van der Waals surface area contributed by atoms with Crippen LogP contribution in [0, 0.1) is 0 Å². The van der Waals surface area contributed by atoms with Crippen molar-refractivity contribution in [1.82, 2.24) is 0 Å². The Bertz CT molecular complexity index is 378. The number of ether oxygens (including phenoxy) is 1. The van der Waals surface area contributed by atoms with Crippen molar-refractivity contribution in [3.05, 3.63) is 29.8 Å². The summed E-state index contributed by atoms with van der Waals surface area (Å²) in [5, 5.41) is 9.23. The zero-order chi connectivity index (χ0) is 11.8. The van der Waals surface area contributed by atoms with E-state index < -0.39 is 18.3 Å². The highest BCUT2D eigenvalue weighted by Crippen LogP contribution is 2.39. The fourth-order valence-electron chi connectivity index (χ4n) is 2.00. The average Bonchev–Trinajstić information content (AvgIpc) is 2.15. The van der Waals surface area contributed by atoms with Gasteiger partial charge in [0.2, 0.25) is 0 Å². The molecule has 2 rings (SSSR count). The molecular weight excluding hydrogens is 216 g/mol. The van der Waals surface area contributed by atoms with Crippen LogP contribution in [0.25, 0.3) is 0 Å². The Morgan fingerprint density at radius 2 is 2.12 bits per heavy atom. The summed E-state index contributed by atoms with van der Waals surface area (Å²) in [5.74, 6) is 0.0960. The molecule has 0 aliphatic heterocycles. The van der Waals surface area contributed by atoms with E-state index >= 15 is 0 Å². The van der Waals surface area contributed by atoms with E-state index in [0.717, 1.165) is 5.56 Å². The second kappa shape index (κ2) is 3.99. The quantitative estimate of drug-likeness (QED) is 0.827. The number of rotatable bonds is 3. The summed E-state index contributed by atoms with van der Waals surface area (Å²) in [4.78, 5) is 0. The van der Waals surface area contributed by atoms with Crippen LogP contribution in [0.15, 0.2) is 24.3 Å². The van der Waals surface area contributed by atoms with Gasteiger partial charge in [0.25, 0.3) is 0 Å². The summed E-state index contributed by atoms with van der Waals surface area (Å²) in [7, 11) is 0. The van der Waals surface area contributed by atoms with Gasteiger partial charge in [-0.1, -0.05) is 12.1 Å². The second-order valence-electron chi connectivity index (χ2n) is 4.12. The molecule has 88 valence electrons. The number of hydrogen-bond donors (Lipinski definition) is 2. The zero-order valence-corrected chi connectivity index (χ0v) is 8.57. The molecule has 0 spiro atoms. The molecule has 0 heterocycles. The largest absolute Gasteiger partial charge is 0.435 e. The van der Waals surface area contributed by atoms with Crippen LogP contribution in [-0.4, -0.2) is 17.8 Å². The summed E-state index contributed by atoms with van der Waals surface area (Å²) in [6.45, 7) is -2.84. The molecule has 0 unspecified atom stereocenters.